The first-order valence-electron chi connectivity index (χ1n) is 15.5. The third-order valence-electron chi connectivity index (χ3n) is 7.73. The highest BCUT2D eigenvalue weighted by molar-refractivity contribution is 5.73. The molecule has 0 spiro atoms. The minimum Gasteiger partial charge on any atom is -0.479 e. The summed E-state index contributed by atoms with van der Waals surface area (Å²) < 4.78 is 11.8. The number of aliphatic hydroxyl groups is 3. The fourth-order valence-corrected chi connectivity index (χ4v) is 5.27. The average Bonchev–Trinajstić information content (AvgIpc) is 2.88. The Kier molecular flexibility index (Phi) is 19.6. The lowest BCUT2D eigenvalue weighted by atomic mass is 9.88. The van der Waals surface area contributed by atoms with Crippen molar-refractivity contribution >= 4 is 5.97 Å². The van der Waals surface area contributed by atoms with Crippen LogP contribution in [0.3, 0.4) is 0 Å². The highest BCUT2D eigenvalue weighted by Crippen LogP contribution is 2.36. The van der Waals surface area contributed by atoms with E-state index >= 15 is 0 Å². The Balaban J connectivity index is 2.46. The zero-order valence-corrected chi connectivity index (χ0v) is 23.9. The van der Waals surface area contributed by atoms with E-state index in [-0.39, 0.29) is 6.42 Å². The molecule has 1 rings (SSSR count). The second-order valence-electron chi connectivity index (χ2n) is 11.1. The first-order valence-corrected chi connectivity index (χ1v) is 15.5. The summed E-state index contributed by atoms with van der Waals surface area (Å²) in [4.78, 5) is 11.7. The predicted octanol–water partition coefficient (Wildman–Crippen LogP) is 6.50. The summed E-state index contributed by atoms with van der Waals surface area (Å²) in [5, 5.41) is 40.9. The minimum absolute atomic E-state index is 0.288. The molecular weight excluding hydrogens is 472 g/mol. The maximum atomic E-state index is 11.7. The van der Waals surface area contributed by atoms with Crippen molar-refractivity contribution in [3.8, 4) is 0 Å². The maximum absolute atomic E-state index is 11.7. The highest BCUT2D eigenvalue weighted by Gasteiger charge is 2.56. The van der Waals surface area contributed by atoms with Crippen molar-refractivity contribution in [3.05, 3.63) is 0 Å². The van der Waals surface area contributed by atoms with Gasteiger partial charge in [-0.2, -0.15) is 0 Å². The summed E-state index contributed by atoms with van der Waals surface area (Å²) >= 11 is 0. The number of carboxylic acids is 1. The zero-order valence-electron chi connectivity index (χ0n) is 23.9. The lowest BCUT2D eigenvalue weighted by molar-refractivity contribution is -0.359. The van der Waals surface area contributed by atoms with Crippen LogP contribution >= 0.6 is 0 Å². The number of hydrogen-bond acceptors (Lipinski definition) is 6. The van der Waals surface area contributed by atoms with Gasteiger partial charge in [0.2, 0.25) is 0 Å². The Hall–Kier alpha value is -0.730. The van der Waals surface area contributed by atoms with Crippen LogP contribution in [0.15, 0.2) is 0 Å². The minimum atomic E-state index is -1.70. The van der Waals surface area contributed by atoms with E-state index in [9.17, 15) is 25.2 Å². The first kappa shape index (κ1) is 34.3. The molecule has 1 heterocycles. The monoisotopic (exact) mass is 530 g/mol. The van der Waals surface area contributed by atoms with Gasteiger partial charge in [-0.1, -0.05) is 129 Å². The van der Waals surface area contributed by atoms with Crippen LogP contribution in [0.5, 0.6) is 0 Å². The van der Waals surface area contributed by atoms with Crippen molar-refractivity contribution in [1.82, 2.24) is 0 Å². The van der Waals surface area contributed by atoms with Crippen molar-refractivity contribution in [3.63, 3.8) is 0 Å². The third-order valence-corrected chi connectivity index (χ3v) is 7.73. The number of aliphatic hydroxyl groups excluding tert-OH is 3. The Labute approximate surface area is 226 Å². The summed E-state index contributed by atoms with van der Waals surface area (Å²) in [6, 6.07) is 0. The van der Waals surface area contributed by atoms with Gasteiger partial charge < -0.3 is 29.9 Å². The van der Waals surface area contributed by atoms with Crippen LogP contribution in [-0.4, -0.2) is 63.2 Å². The van der Waals surface area contributed by atoms with E-state index in [2.05, 4.69) is 13.8 Å². The standard InChI is InChI=1S/C30H58O7/c1-3-5-7-9-11-13-15-17-19-21-23-30(28(33)26(32)25(31)27(37-30)29(34)35)36-24-22-20-18-16-14-12-10-8-6-4-2/h25-28,31-33H,3-24H2,1-2H3,(H,34,35)/t25-,26+,27+,28-,30?/m1/s1. The van der Waals surface area contributed by atoms with E-state index in [0.717, 1.165) is 38.5 Å². The molecule has 0 amide bonds. The van der Waals surface area contributed by atoms with Crippen LogP contribution in [0, 0.1) is 0 Å². The number of ether oxygens (including phenoxy) is 2. The molecular formula is C30H58O7. The average molecular weight is 531 g/mol. The van der Waals surface area contributed by atoms with E-state index in [4.69, 9.17) is 9.47 Å². The van der Waals surface area contributed by atoms with Gasteiger partial charge in [0.1, 0.15) is 18.3 Å². The maximum Gasteiger partial charge on any atom is 0.335 e. The van der Waals surface area contributed by atoms with Gasteiger partial charge in [0, 0.05) is 6.42 Å². The molecule has 0 aliphatic carbocycles. The number of hydrogen-bond donors (Lipinski definition) is 4. The lowest BCUT2D eigenvalue weighted by Gasteiger charge is -2.47. The fourth-order valence-electron chi connectivity index (χ4n) is 5.27. The first-order chi connectivity index (χ1) is 17.9. The Bertz CT molecular complexity index is 558. The summed E-state index contributed by atoms with van der Waals surface area (Å²) in [6.45, 7) is 4.77. The van der Waals surface area contributed by atoms with Crippen LogP contribution in [0.25, 0.3) is 0 Å². The number of carbonyl (C=O) groups is 1. The number of rotatable bonds is 24. The van der Waals surface area contributed by atoms with Gasteiger partial charge in [0.15, 0.2) is 11.9 Å². The largest absolute Gasteiger partial charge is 0.479 e. The van der Waals surface area contributed by atoms with Gasteiger partial charge >= 0.3 is 5.97 Å². The molecule has 1 fully saturated rings. The number of aliphatic carboxylic acids is 1. The Morgan fingerprint density at radius 1 is 0.649 bits per heavy atom. The van der Waals surface area contributed by atoms with Gasteiger partial charge in [-0.15, -0.1) is 0 Å². The van der Waals surface area contributed by atoms with Crippen LogP contribution in [0.4, 0.5) is 0 Å². The Morgan fingerprint density at radius 2 is 1.05 bits per heavy atom. The normalized spacial score (nSPS) is 26.0. The molecule has 0 aromatic carbocycles. The second kappa shape index (κ2) is 21.1. The Morgan fingerprint density at radius 3 is 1.49 bits per heavy atom. The molecule has 4 N–H and O–H groups in total. The molecule has 0 radical (unpaired) electrons. The molecule has 7 nitrogen and oxygen atoms in total. The zero-order chi connectivity index (χ0) is 27.4. The summed E-state index contributed by atoms with van der Waals surface area (Å²) in [5.41, 5.74) is 0. The highest BCUT2D eigenvalue weighted by atomic mass is 16.7. The molecule has 7 heteroatoms. The summed E-state index contributed by atoms with van der Waals surface area (Å²) in [7, 11) is 0. The van der Waals surface area contributed by atoms with E-state index < -0.39 is 36.2 Å². The van der Waals surface area contributed by atoms with Gasteiger partial charge in [0.25, 0.3) is 0 Å². The quantitative estimate of drug-likeness (QED) is 0.105. The van der Waals surface area contributed by atoms with E-state index in [0.29, 0.717) is 13.0 Å². The molecule has 5 atom stereocenters. The SMILES string of the molecule is CCCCCCCCCCCCOC1(CCCCCCCCCCCC)O[C@H](C(=O)O)[C@H](O)[C@H](O)[C@H]1O. The molecule has 0 bridgehead atoms. The lowest BCUT2D eigenvalue weighted by Crippen LogP contribution is -2.67. The summed E-state index contributed by atoms with van der Waals surface area (Å²) in [5.74, 6) is -2.98. The summed E-state index contributed by atoms with van der Waals surface area (Å²) in [6.07, 6.45) is 17.1. The number of carboxylic acid groups (broad SMARTS) is 1. The van der Waals surface area contributed by atoms with Gasteiger partial charge in [0.05, 0.1) is 6.61 Å². The fraction of sp³-hybridized carbons (Fsp3) is 0.967. The van der Waals surface area contributed by atoms with E-state index in [1.807, 2.05) is 0 Å². The van der Waals surface area contributed by atoms with Crippen LogP contribution < -0.4 is 0 Å². The third kappa shape index (κ3) is 13.8. The van der Waals surface area contributed by atoms with Crippen molar-refractivity contribution in [2.45, 2.75) is 179 Å². The molecule has 0 saturated carbocycles. The van der Waals surface area contributed by atoms with Crippen molar-refractivity contribution in [2.75, 3.05) is 6.61 Å². The van der Waals surface area contributed by atoms with E-state index in [1.54, 1.807) is 0 Å². The van der Waals surface area contributed by atoms with Gasteiger partial charge in [-0.3, -0.25) is 0 Å². The molecule has 37 heavy (non-hydrogen) atoms. The molecule has 0 aromatic rings. The number of unbranched alkanes of at least 4 members (excludes halogenated alkanes) is 18. The van der Waals surface area contributed by atoms with Gasteiger partial charge in [-0.25, -0.2) is 4.79 Å². The van der Waals surface area contributed by atoms with Crippen LogP contribution in [0.1, 0.15) is 149 Å². The van der Waals surface area contributed by atoms with Crippen molar-refractivity contribution in [1.29, 1.82) is 0 Å². The molecule has 1 saturated heterocycles. The molecule has 1 unspecified atom stereocenters. The van der Waals surface area contributed by atoms with Gasteiger partial charge in [-0.05, 0) is 12.8 Å². The van der Waals surface area contributed by atoms with Crippen molar-refractivity contribution in [2.24, 2.45) is 0 Å². The second-order valence-corrected chi connectivity index (χ2v) is 11.1. The smallest absolute Gasteiger partial charge is 0.335 e. The molecule has 220 valence electrons. The topological polar surface area (TPSA) is 116 Å². The van der Waals surface area contributed by atoms with E-state index in [1.165, 1.54) is 83.5 Å². The molecule has 1 aliphatic heterocycles. The molecule has 0 aromatic heterocycles. The predicted molar refractivity (Wildman–Crippen MR) is 148 cm³/mol. The van der Waals surface area contributed by atoms with Crippen LogP contribution in [0.2, 0.25) is 0 Å². The van der Waals surface area contributed by atoms with Crippen LogP contribution in [-0.2, 0) is 14.3 Å². The van der Waals surface area contributed by atoms with Crippen molar-refractivity contribution < 1.29 is 34.7 Å². The molecule has 1 aliphatic rings.